The molecule has 3 rings (SSSR count). The molecule has 1 aliphatic rings. The van der Waals surface area contributed by atoms with Crippen LogP contribution in [0.2, 0.25) is 0 Å². The molecule has 3 heterocycles. The molecule has 5 nitrogen and oxygen atoms in total. The van der Waals surface area contributed by atoms with Crippen molar-refractivity contribution >= 4 is 16.9 Å². The van der Waals surface area contributed by atoms with Gasteiger partial charge in [0.05, 0.1) is 0 Å². The fraction of sp³-hybridized carbons (Fsp3) is 0.385. The van der Waals surface area contributed by atoms with Crippen molar-refractivity contribution in [2.75, 3.05) is 13.1 Å². The van der Waals surface area contributed by atoms with E-state index in [0.717, 1.165) is 23.1 Å². The summed E-state index contributed by atoms with van der Waals surface area (Å²) in [4.78, 5) is 21.1. The second-order valence-corrected chi connectivity index (χ2v) is 4.79. The first kappa shape index (κ1) is 11.2. The number of nitrogens with zero attached hydrogens (tertiary/aromatic N) is 2. The quantitative estimate of drug-likeness (QED) is 0.841. The monoisotopic (exact) mass is 244 g/mol. The Morgan fingerprint density at radius 3 is 3.22 bits per heavy atom. The molecule has 0 saturated carbocycles. The molecule has 3 N–H and O–H groups in total. The third kappa shape index (κ3) is 1.86. The standard InChI is InChI=1S/C13H16N4O/c14-5-9-4-12(18)17(7-9)8-10-6-16-13-11(10)2-1-3-15-13/h1-3,6,9H,4-5,7-8,14H2,(H,15,16). The van der Waals surface area contributed by atoms with Crippen molar-refractivity contribution in [1.29, 1.82) is 0 Å². The smallest absolute Gasteiger partial charge is 0.223 e. The van der Waals surface area contributed by atoms with E-state index < -0.39 is 0 Å². The molecule has 0 aliphatic carbocycles. The highest BCUT2D eigenvalue weighted by atomic mass is 16.2. The van der Waals surface area contributed by atoms with Gasteiger partial charge in [0.2, 0.25) is 5.91 Å². The summed E-state index contributed by atoms with van der Waals surface area (Å²) in [5.74, 6) is 0.504. The molecule has 2 aromatic heterocycles. The molecule has 1 unspecified atom stereocenters. The van der Waals surface area contributed by atoms with Crippen molar-refractivity contribution < 1.29 is 4.79 Å². The Morgan fingerprint density at radius 2 is 2.44 bits per heavy atom. The number of aromatic nitrogens is 2. The fourth-order valence-corrected chi connectivity index (χ4v) is 2.51. The van der Waals surface area contributed by atoms with Crippen LogP contribution in [0.15, 0.2) is 24.5 Å². The van der Waals surface area contributed by atoms with Crippen LogP contribution in [0.4, 0.5) is 0 Å². The van der Waals surface area contributed by atoms with Crippen LogP contribution in [-0.4, -0.2) is 33.9 Å². The minimum absolute atomic E-state index is 0.198. The van der Waals surface area contributed by atoms with E-state index in [2.05, 4.69) is 9.97 Å². The van der Waals surface area contributed by atoms with E-state index in [1.807, 2.05) is 23.2 Å². The summed E-state index contributed by atoms with van der Waals surface area (Å²) in [5.41, 5.74) is 7.61. The first-order valence-electron chi connectivity index (χ1n) is 6.16. The molecule has 1 saturated heterocycles. The summed E-state index contributed by atoms with van der Waals surface area (Å²) in [6.07, 6.45) is 4.27. The molecule has 0 aromatic carbocycles. The summed E-state index contributed by atoms with van der Waals surface area (Å²) in [6.45, 7) is 1.99. The van der Waals surface area contributed by atoms with Gasteiger partial charge in [-0.2, -0.15) is 0 Å². The maximum absolute atomic E-state index is 11.9. The zero-order chi connectivity index (χ0) is 12.5. The number of rotatable bonds is 3. The van der Waals surface area contributed by atoms with Gasteiger partial charge >= 0.3 is 0 Å². The van der Waals surface area contributed by atoms with Crippen molar-refractivity contribution in [2.24, 2.45) is 11.7 Å². The minimum atomic E-state index is 0.198. The number of carbonyl (C=O) groups is 1. The first-order valence-corrected chi connectivity index (χ1v) is 6.16. The molecule has 1 amide bonds. The summed E-state index contributed by atoms with van der Waals surface area (Å²) in [5, 5.41) is 1.08. The Bertz CT molecular complexity index is 577. The number of pyridine rings is 1. The summed E-state index contributed by atoms with van der Waals surface area (Å²) in [7, 11) is 0. The number of nitrogens with two attached hydrogens (primary N) is 1. The Balaban J connectivity index is 1.83. The lowest BCUT2D eigenvalue weighted by Gasteiger charge is -2.15. The normalized spacial score (nSPS) is 19.9. The Labute approximate surface area is 105 Å². The maximum atomic E-state index is 11.9. The fourth-order valence-electron chi connectivity index (χ4n) is 2.51. The van der Waals surface area contributed by atoms with Crippen LogP contribution in [0.1, 0.15) is 12.0 Å². The van der Waals surface area contributed by atoms with Gasteiger partial charge in [0.1, 0.15) is 5.65 Å². The van der Waals surface area contributed by atoms with E-state index in [9.17, 15) is 4.79 Å². The van der Waals surface area contributed by atoms with Gasteiger partial charge in [0.15, 0.2) is 0 Å². The SMILES string of the molecule is NCC1CC(=O)N(Cc2c[nH]c3ncccc23)C1. The maximum Gasteiger partial charge on any atom is 0.223 e. The molecule has 0 spiro atoms. The van der Waals surface area contributed by atoms with E-state index >= 15 is 0 Å². The molecular weight excluding hydrogens is 228 g/mol. The lowest BCUT2D eigenvalue weighted by Crippen LogP contribution is -2.25. The van der Waals surface area contributed by atoms with Gasteiger partial charge in [0, 0.05) is 37.3 Å². The van der Waals surface area contributed by atoms with E-state index in [4.69, 9.17) is 5.73 Å². The van der Waals surface area contributed by atoms with Gasteiger partial charge in [-0.1, -0.05) is 0 Å². The van der Waals surface area contributed by atoms with Gasteiger partial charge in [-0.25, -0.2) is 4.98 Å². The predicted molar refractivity (Wildman–Crippen MR) is 68.7 cm³/mol. The largest absolute Gasteiger partial charge is 0.346 e. The zero-order valence-corrected chi connectivity index (χ0v) is 10.1. The number of nitrogens with one attached hydrogen (secondary N) is 1. The lowest BCUT2D eigenvalue weighted by molar-refractivity contribution is -0.128. The summed E-state index contributed by atoms with van der Waals surface area (Å²) < 4.78 is 0. The third-order valence-electron chi connectivity index (χ3n) is 3.53. The number of amides is 1. The number of hydrogen-bond acceptors (Lipinski definition) is 3. The molecule has 18 heavy (non-hydrogen) atoms. The van der Waals surface area contributed by atoms with Gasteiger partial charge in [-0.3, -0.25) is 4.79 Å². The van der Waals surface area contributed by atoms with Crippen LogP contribution >= 0.6 is 0 Å². The number of aromatic amines is 1. The van der Waals surface area contributed by atoms with E-state index in [0.29, 0.717) is 25.4 Å². The predicted octanol–water partition coefficient (Wildman–Crippen LogP) is 0.870. The van der Waals surface area contributed by atoms with Crippen LogP contribution in [0.5, 0.6) is 0 Å². The van der Waals surface area contributed by atoms with E-state index in [1.165, 1.54) is 0 Å². The van der Waals surface area contributed by atoms with Crippen LogP contribution < -0.4 is 5.73 Å². The van der Waals surface area contributed by atoms with Crippen molar-refractivity contribution in [2.45, 2.75) is 13.0 Å². The number of fused-ring (bicyclic) bond motifs is 1. The third-order valence-corrected chi connectivity index (χ3v) is 3.53. The molecule has 0 bridgehead atoms. The topological polar surface area (TPSA) is 75.0 Å². The van der Waals surface area contributed by atoms with Crippen LogP contribution in [0, 0.1) is 5.92 Å². The highest BCUT2D eigenvalue weighted by Crippen LogP contribution is 2.22. The van der Waals surface area contributed by atoms with Gasteiger partial charge in [0.25, 0.3) is 0 Å². The number of carbonyl (C=O) groups excluding carboxylic acids is 1. The molecule has 1 aliphatic heterocycles. The summed E-state index contributed by atoms with van der Waals surface area (Å²) in [6, 6.07) is 3.93. The highest BCUT2D eigenvalue weighted by Gasteiger charge is 2.28. The number of H-pyrrole nitrogens is 1. The molecular formula is C13H16N4O. The average molecular weight is 244 g/mol. The Hall–Kier alpha value is -1.88. The van der Waals surface area contributed by atoms with Gasteiger partial charge < -0.3 is 15.6 Å². The zero-order valence-electron chi connectivity index (χ0n) is 10.1. The lowest BCUT2D eigenvalue weighted by atomic mass is 10.1. The first-order chi connectivity index (χ1) is 8.78. The molecule has 0 radical (unpaired) electrons. The van der Waals surface area contributed by atoms with E-state index in [1.54, 1.807) is 6.20 Å². The Morgan fingerprint density at radius 1 is 1.56 bits per heavy atom. The van der Waals surface area contributed by atoms with Crippen LogP contribution in [0.3, 0.4) is 0 Å². The minimum Gasteiger partial charge on any atom is -0.346 e. The molecule has 94 valence electrons. The second-order valence-electron chi connectivity index (χ2n) is 4.79. The van der Waals surface area contributed by atoms with Crippen molar-refractivity contribution in [1.82, 2.24) is 14.9 Å². The van der Waals surface area contributed by atoms with Crippen molar-refractivity contribution in [3.63, 3.8) is 0 Å². The van der Waals surface area contributed by atoms with Crippen molar-refractivity contribution in [3.05, 3.63) is 30.1 Å². The average Bonchev–Trinajstić information content (AvgIpc) is 2.95. The van der Waals surface area contributed by atoms with Crippen LogP contribution in [-0.2, 0) is 11.3 Å². The number of likely N-dealkylation sites (tertiary alicyclic amines) is 1. The second kappa shape index (κ2) is 4.42. The van der Waals surface area contributed by atoms with E-state index in [-0.39, 0.29) is 5.91 Å². The number of hydrogen-bond donors (Lipinski definition) is 2. The summed E-state index contributed by atoms with van der Waals surface area (Å²) >= 11 is 0. The highest BCUT2D eigenvalue weighted by molar-refractivity contribution is 5.82. The Kier molecular flexibility index (Phi) is 2.76. The van der Waals surface area contributed by atoms with Gasteiger partial charge in [-0.15, -0.1) is 0 Å². The van der Waals surface area contributed by atoms with Crippen LogP contribution in [0.25, 0.3) is 11.0 Å². The molecule has 5 heteroatoms. The van der Waals surface area contributed by atoms with Gasteiger partial charge in [-0.05, 0) is 30.2 Å². The molecule has 2 aromatic rings. The molecule has 1 fully saturated rings. The van der Waals surface area contributed by atoms with Crippen molar-refractivity contribution in [3.8, 4) is 0 Å². The molecule has 1 atom stereocenters.